The van der Waals surface area contributed by atoms with Gasteiger partial charge in [-0.3, -0.25) is 0 Å². The van der Waals surface area contributed by atoms with Gasteiger partial charge in [-0.15, -0.1) is 0 Å². The summed E-state index contributed by atoms with van der Waals surface area (Å²) in [6, 6.07) is 0. The average Bonchev–Trinajstić information content (AvgIpc) is 2.61. The monoisotopic (exact) mass is 226 g/mol. The van der Waals surface area contributed by atoms with Crippen LogP contribution in [0.5, 0.6) is 0 Å². The minimum atomic E-state index is -0.380. The molecular weight excluding hydrogens is 208 g/mol. The van der Waals surface area contributed by atoms with E-state index in [4.69, 9.17) is 9.47 Å². The summed E-state index contributed by atoms with van der Waals surface area (Å²) >= 11 is 0. The Morgan fingerprint density at radius 3 is 2.88 bits per heavy atom. The predicted octanol–water partition coefficient (Wildman–Crippen LogP) is 1.75. The van der Waals surface area contributed by atoms with Gasteiger partial charge in [0.25, 0.3) is 0 Å². The second kappa shape index (κ2) is 6.27. The van der Waals surface area contributed by atoms with Gasteiger partial charge >= 0.3 is 5.97 Å². The quantitative estimate of drug-likeness (QED) is 0.547. The summed E-state index contributed by atoms with van der Waals surface area (Å²) in [5, 5.41) is 0. The van der Waals surface area contributed by atoms with E-state index < -0.39 is 0 Å². The lowest BCUT2D eigenvalue weighted by Gasteiger charge is -2.06. The molecule has 0 aromatic carbocycles. The number of nitrogens with zero attached hydrogens (tertiary/aromatic N) is 2. The van der Waals surface area contributed by atoms with Crippen LogP contribution in [0.3, 0.4) is 0 Å². The molecule has 1 aromatic rings. The Kier molecular flexibility index (Phi) is 4.98. The van der Waals surface area contributed by atoms with Gasteiger partial charge in [-0.1, -0.05) is 6.92 Å². The van der Waals surface area contributed by atoms with Gasteiger partial charge in [0, 0.05) is 6.61 Å². The van der Waals surface area contributed by atoms with Crippen LogP contribution in [0.1, 0.15) is 36.5 Å². The first-order valence-electron chi connectivity index (χ1n) is 5.47. The molecule has 0 saturated heterocycles. The molecule has 0 atom stereocenters. The summed E-state index contributed by atoms with van der Waals surface area (Å²) < 4.78 is 12.1. The van der Waals surface area contributed by atoms with Crippen LogP contribution >= 0.6 is 0 Å². The minimum absolute atomic E-state index is 0.359. The summed E-state index contributed by atoms with van der Waals surface area (Å²) in [5.41, 5.74) is 1.14. The van der Waals surface area contributed by atoms with E-state index in [1.807, 2.05) is 13.8 Å². The van der Waals surface area contributed by atoms with Crippen LogP contribution in [0.25, 0.3) is 0 Å². The summed E-state index contributed by atoms with van der Waals surface area (Å²) in [6.07, 6.45) is 2.57. The number of ether oxygens (including phenoxy) is 2. The molecule has 0 aliphatic heterocycles. The molecule has 0 aliphatic carbocycles. The second-order valence-electron chi connectivity index (χ2n) is 3.41. The van der Waals surface area contributed by atoms with E-state index in [2.05, 4.69) is 4.98 Å². The normalized spacial score (nSPS) is 10.4. The van der Waals surface area contributed by atoms with Gasteiger partial charge in [0.1, 0.15) is 6.73 Å². The van der Waals surface area contributed by atoms with Gasteiger partial charge < -0.3 is 14.0 Å². The summed E-state index contributed by atoms with van der Waals surface area (Å²) in [5.74, 6) is -0.380. The van der Waals surface area contributed by atoms with Crippen LogP contribution in [0.2, 0.25) is 0 Å². The zero-order valence-electron chi connectivity index (χ0n) is 10.0. The third-order valence-corrected chi connectivity index (χ3v) is 2.15. The number of imidazole rings is 1. The Labute approximate surface area is 95.4 Å². The van der Waals surface area contributed by atoms with E-state index in [0.29, 0.717) is 25.6 Å². The maximum atomic E-state index is 11.5. The van der Waals surface area contributed by atoms with Gasteiger partial charge in [-0.05, 0) is 20.3 Å². The van der Waals surface area contributed by atoms with Crippen molar-refractivity contribution in [3.05, 3.63) is 17.7 Å². The molecule has 0 N–H and O–H groups in total. The largest absolute Gasteiger partial charge is 0.461 e. The van der Waals surface area contributed by atoms with Crippen molar-refractivity contribution >= 4 is 5.97 Å². The molecule has 5 nitrogen and oxygen atoms in total. The van der Waals surface area contributed by atoms with Gasteiger partial charge in [0.15, 0.2) is 5.69 Å². The Hall–Kier alpha value is -1.36. The smallest absolute Gasteiger partial charge is 0.358 e. The molecule has 0 saturated carbocycles. The van der Waals surface area contributed by atoms with E-state index >= 15 is 0 Å². The molecule has 0 spiro atoms. The highest BCUT2D eigenvalue weighted by molar-refractivity contribution is 5.88. The Morgan fingerprint density at radius 2 is 2.25 bits per heavy atom. The number of esters is 1. The summed E-state index contributed by atoms with van der Waals surface area (Å²) in [4.78, 5) is 15.5. The van der Waals surface area contributed by atoms with E-state index in [9.17, 15) is 4.79 Å². The van der Waals surface area contributed by atoms with Crippen LogP contribution in [0.4, 0.5) is 0 Å². The second-order valence-corrected chi connectivity index (χ2v) is 3.41. The molecule has 1 heterocycles. The number of rotatable bonds is 6. The fourth-order valence-electron chi connectivity index (χ4n) is 1.28. The van der Waals surface area contributed by atoms with Crippen molar-refractivity contribution in [2.45, 2.75) is 33.9 Å². The molecule has 0 unspecified atom stereocenters. The van der Waals surface area contributed by atoms with E-state index in [1.165, 1.54) is 0 Å². The first-order valence-corrected chi connectivity index (χ1v) is 5.47. The van der Waals surface area contributed by atoms with Crippen molar-refractivity contribution in [2.24, 2.45) is 0 Å². The van der Waals surface area contributed by atoms with Gasteiger partial charge in [0.05, 0.1) is 18.6 Å². The Bertz CT molecular complexity index is 347. The number of hydrogen-bond acceptors (Lipinski definition) is 4. The number of aromatic nitrogens is 2. The fraction of sp³-hybridized carbons (Fsp3) is 0.636. The average molecular weight is 226 g/mol. The zero-order chi connectivity index (χ0) is 12.0. The van der Waals surface area contributed by atoms with Crippen molar-refractivity contribution in [1.29, 1.82) is 0 Å². The Morgan fingerprint density at radius 1 is 1.50 bits per heavy atom. The van der Waals surface area contributed by atoms with Crippen molar-refractivity contribution in [3.8, 4) is 0 Å². The zero-order valence-corrected chi connectivity index (χ0v) is 10.0. The van der Waals surface area contributed by atoms with Crippen molar-refractivity contribution < 1.29 is 14.3 Å². The molecule has 1 rings (SSSR count). The van der Waals surface area contributed by atoms with Gasteiger partial charge in [-0.2, -0.15) is 0 Å². The highest BCUT2D eigenvalue weighted by Crippen LogP contribution is 2.08. The minimum Gasteiger partial charge on any atom is -0.461 e. The molecule has 0 fully saturated rings. The standard InChI is InChI=1S/C11H18N2O3/c1-4-6-15-8-13-7-12-10(9(13)3)11(14)16-5-2/h7H,4-6,8H2,1-3H3. The molecule has 1 aromatic heterocycles. The van der Waals surface area contributed by atoms with Crippen LogP contribution in [0, 0.1) is 6.92 Å². The molecule has 0 aliphatic rings. The lowest BCUT2D eigenvalue weighted by molar-refractivity contribution is 0.0517. The maximum absolute atomic E-state index is 11.5. The predicted molar refractivity (Wildman–Crippen MR) is 59.2 cm³/mol. The maximum Gasteiger partial charge on any atom is 0.358 e. The molecule has 16 heavy (non-hydrogen) atoms. The van der Waals surface area contributed by atoms with Crippen LogP contribution in [-0.2, 0) is 16.2 Å². The van der Waals surface area contributed by atoms with Crippen LogP contribution in [0.15, 0.2) is 6.33 Å². The first-order chi connectivity index (χ1) is 7.70. The molecule has 5 heteroatoms. The van der Waals surface area contributed by atoms with Crippen molar-refractivity contribution in [2.75, 3.05) is 13.2 Å². The SMILES string of the molecule is CCCOCn1cnc(C(=O)OCC)c1C. The summed E-state index contributed by atoms with van der Waals surface area (Å²) in [6.45, 7) is 7.13. The van der Waals surface area contributed by atoms with Crippen molar-refractivity contribution in [3.63, 3.8) is 0 Å². The van der Waals surface area contributed by atoms with Crippen molar-refractivity contribution in [1.82, 2.24) is 9.55 Å². The van der Waals surface area contributed by atoms with Crippen LogP contribution < -0.4 is 0 Å². The van der Waals surface area contributed by atoms with Gasteiger partial charge in [-0.25, -0.2) is 9.78 Å². The van der Waals surface area contributed by atoms with E-state index in [-0.39, 0.29) is 5.97 Å². The lowest BCUT2D eigenvalue weighted by atomic mass is 10.3. The molecule has 90 valence electrons. The number of carbonyl (C=O) groups is 1. The van der Waals surface area contributed by atoms with Crippen LogP contribution in [-0.4, -0.2) is 28.7 Å². The van der Waals surface area contributed by atoms with E-state index in [0.717, 1.165) is 12.1 Å². The molecular formula is C11H18N2O3. The number of carbonyl (C=O) groups excluding carboxylic acids is 1. The third-order valence-electron chi connectivity index (χ3n) is 2.15. The number of hydrogen-bond donors (Lipinski definition) is 0. The molecule has 0 bridgehead atoms. The highest BCUT2D eigenvalue weighted by Gasteiger charge is 2.15. The summed E-state index contributed by atoms with van der Waals surface area (Å²) in [7, 11) is 0. The lowest BCUT2D eigenvalue weighted by Crippen LogP contribution is -2.09. The fourth-order valence-corrected chi connectivity index (χ4v) is 1.28. The topological polar surface area (TPSA) is 53.4 Å². The Balaban J connectivity index is 2.64. The third kappa shape index (κ3) is 3.06. The van der Waals surface area contributed by atoms with E-state index in [1.54, 1.807) is 17.8 Å². The molecule has 0 radical (unpaired) electrons. The highest BCUT2D eigenvalue weighted by atomic mass is 16.5. The molecule has 0 amide bonds. The first kappa shape index (κ1) is 12.7. The van der Waals surface area contributed by atoms with Gasteiger partial charge in [0.2, 0.25) is 0 Å².